The third-order valence-electron chi connectivity index (χ3n) is 3.61. The molecule has 3 N–H and O–H groups in total. The summed E-state index contributed by atoms with van der Waals surface area (Å²) in [6.07, 6.45) is 0.686. The number of benzene rings is 2. The highest BCUT2D eigenvalue weighted by Crippen LogP contribution is 2.10. The molecule has 2 aromatic rings. The molecule has 132 valence electrons. The second kappa shape index (κ2) is 9.69. The molecule has 0 saturated carbocycles. The molecule has 0 atom stereocenters. The van der Waals surface area contributed by atoms with E-state index >= 15 is 0 Å². The van der Waals surface area contributed by atoms with Gasteiger partial charge in [-0.15, -0.1) is 0 Å². The zero-order chi connectivity index (χ0) is 18.1. The van der Waals surface area contributed by atoms with E-state index in [1.807, 2.05) is 55.5 Å². The summed E-state index contributed by atoms with van der Waals surface area (Å²) in [4.78, 5) is 23.4. The third-order valence-corrected chi connectivity index (χ3v) is 3.84. The van der Waals surface area contributed by atoms with Gasteiger partial charge in [-0.3, -0.25) is 4.79 Å². The summed E-state index contributed by atoms with van der Waals surface area (Å²) < 4.78 is 0. The van der Waals surface area contributed by atoms with Crippen LogP contribution in [0.2, 0.25) is 5.02 Å². The Morgan fingerprint density at radius 3 is 2.44 bits per heavy atom. The van der Waals surface area contributed by atoms with Crippen LogP contribution in [0.25, 0.3) is 0 Å². The van der Waals surface area contributed by atoms with Crippen molar-refractivity contribution < 1.29 is 9.59 Å². The molecule has 0 bridgehead atoms. The highest BCUT2D eigenvalue weighted by Gasteiger charge is 2.05. The van der Waals surface area contributed by atoms with E-state index in [2.05, 4.69) is 16.0 Å². The molecule has 0 unspecified atom stereocenters. The first-order valence-electron chi connectivity index (χ1n) is 8.11. The van der Waals surface area contributed by atoms with Crippen LogP contribution in [0.5, 0.6) is 0 Å². The maximum Gasteiger partial charge on any atom is 0.315 e. The molecule has 0 radical (unpaired) electrons. The fraction of sp³-hybridized carbons (Fsp3) is 0.263. The number of urea groups is 1. The fourth-order valence-electron chi connectivity index (χ4n) is 2.21. The van der Waals surface area contributed by atoms with Crippen LogP contribution in [0.4, 0.5) is 4.79 Å². The molecule has 0 fully saturated rings. The van der Waals surface area contributed by atoms with Crippen molar-refractivity contribution in [1.82, 2.24) is 16.0 Å². The number of halogens is 1. The molecule has 0 aromatic heterocycles. The smallest absolute Gasteiger partial charge is 0.315 e. The minimum Gasteiger partial charge on any atom is -0.354 e. The molecule has 2 aromatic carbocycles. The number of hydrogen-bond acceptors (Lipinski definition) is 2. The van der Waals surface area contributed by atoms with Crippen molar-refractivity contribution in [2.45, 2.75) is 19.9 Å². The van der Waals surface area contributed by atoms with Crippen LogP contribution in [-0.2, 0) is 17.8 Å². The van der Waals surface area contributed by atoms with Crippen molar-refractivity contribution in [3.05, 3.63) is 70.2 Å². The Hall–Kier alpha value is -2.53. The lowest BCUT2D eigenvalue weighted by Gasteiger charge is -2.09. The van der Waals surface area contributed by atoms with Crippen molar-refractivity contribution in [1.29, 1.82) is 0 Å². The second-order valence-electron chi connectivity index (χ2n) is 5.75. The number of amides is 3. The van der Waals surface area contributed by atoms with E-state index in [1.54, 1.807) is 0 Å². The van der Waals surface area contributed by atoms with E-state index in [1.165, 1.54) is 5.56 Å². The van der Waals surface area contributed by atoms with Gasteiger partial charge in [0, 0.05) is 18.1 Å². The topological polar surface area (TPSA) is 70.2 Å². The number of carbonyl (C=O) groups excluding carboxylic acids is 2. The van der Waals surface area contributed by atoms with Gasteiger partial charge >= 0.3 is 6.03 Å². The van der Waals surface area contributed by atoms with Gasteiger partial charge in [0.25, 0.3) is 0 Å². The summed E-state index contributed by atoms with van der Waals surface area (Å²) in [6.45, 7) is 2.86. The van der Waals surface area contributed by atoms with Crippen molar-refractivity contribution in [2.75, 3.05) is 13.1 Å². The van der Waals surface area contributed by atoms with Gasteiger partial charge in [-0.25, -0.2) is 4.79 Å². The lowest BCUT2D eigenvalue weighted by atomic mass is 10.1. The molecule has 25 heavy (non-hydrogen) atoms. The van der Waals surface area contributed by atoms with Gasteiger partial charge in [0.1, 0.15) is 0 Å². The van der Waals surface area contributed by atoms with Crippen molar-refractivity contribution in [2.24, 2.45) is 0 Å². The predicted octanol–water partition coefficient (Wildman–Crippen LogP) is 2.81. The molecule has 5 nitrogen and oxygen atoms in total. The summed E-state index contributed by atoms with van der Waals surface area (Å²) in [6, 6.07) is 15.0. The van der Waals surface area contributed by atoms with Gasteiger partial charge < -0.3 is 16.0 Å². The van der Waals surface area contributed by atoms with Crippen molar-refractivity contribution in [3.8, 4) is 0 Å². The summed E-state index contributed by atoms with van der Waals surface area (Å²) in [5.74, 6) is -0.229. The summed E-state index contributed by atoms with van der Waals surface area (Å²) in [5, 5.41) is 8.69. The first kappa shape index (κ1) is 18.8. The molecule has 0 aliphatic carbocycles. The zero-order valence-corrected chi connectivity index (χ0v) is 14.9. The maximum atomic E-state index is 11.7. The van der Waals surface area contributed by atoms with E-state index in [4.69, 9.17) is 11.6 Å². The molecule has 0 spiro atoms. The molecular formula is C19H22ClN3O2. The minimum atomic E-state index is -0.370. The molecule has 6 heteroatoms. The van der Waals surface area contributed by atoms with Gasteiger partial charge in [-0.2, -0.15) is 0 Å². The fourth-order valence-corrected chi connectivity index (χ4v) is 2.43. The van der Waals surface area contributed by atoms with Gasteiger partial charge in [-0.1, -0.05) is 53.6 Å². The number of carbonyl (C=O) groups is 2. The molecule has 0 saturated heterocycles. The minimum absolute atomic E-state index is 0.0602. The Bertz CT molecular complexity index is 717. The molecule has 0 heterocycles. The lowest BCUT2D eigenvalue weighted by molar-refractivity contribution is -0.120. The maximum absolute atomic E-state index is 11.7. The number of aryl methyl sites for hydroxylation is 1. The highest BCUT2D eigenvalue weighted by atomic mass is 35.5. The van der Waals surface area contributed by atoms with E-state index in [0.29, 0.717) is 24.5 Å². The first-order chi connectivity index (χ1) is 12.0. The van der Waals surface area contributed by atoms with Gasteiger partial charge in [0.2, 0.25) is 5.91 Å². The Balaban J connectivity index is 1.60. The van der Waals surface area contributed by atoms with Gasteiger partial charge in [0.15, 0.2) is 0 Å². The molecule has 3 amide bonds. The van der Waals surface area contributed by atoms with E-state index in [0.717, 1.165) is 11.1 Å². The molecular weight excluding hydrogens is 338 g/mol. The highest BCUT2D eigenvalue weighted by molar-refractivity contribution is 6.30. The van der Waals surface area contributed by atoms with Crippen LogP contribution in [0.1, 0.15) is 16.7 Å². The van der Waals surface area contributed by atoms with Crippen molar-refractivity contribution in [3.63, 3.8) is 0 Å². The van der Waals surface area contributed by atoms with Crippen LogP contribution >= 0.6 is 11.6 Å². The van der Waals surface area contributed by atoms with Crippen molar-refractivity contribution >= 4 is 23.5 Å². The quantitative estimate of drug-likeness (QED) is 0.711. The Morgan fingerprint density at radius 2 is 1.72 bits per heavy atom. The number of rotatable bonds is 7. The van der Waals surface area contributed by atoms with E-state index in [-0.39, 0.29) is 18.5 Å². The monoisotopic (exact) mass is 359 g/mol. The van der Waals surface area contributed by atoms with Crippen LogP contribution in [0.15, 0.2) is 48.5 Å². The SMILES string of the molecule is Cc1ccc(CNC(=O)NCC(=O)NCCc2cccc(Cl)c2)cc1. The Kier molecular flexibility index (Phi) is 7.29. The number of hydrogen-bond donors (Lipinski definition) is 3. The average Bonchev–Trinajstić information content (AvgIpc) is 2.59. The largest absolute Gasteiger partial charge is 0.354 e. The summed E-state index contributed by atoms with van der Waals surface area (Å²) in [7, 11) is 0. The van der Waals surface area contributed by atoms with Gasteiger partial charge in [0.05, 0.1) is 6.54 Å². The molecule has 0 aliphatic rings. The standard InChI is InChI=1S/C19H22ClN3O2/c1-14-5-7-16(8-6-14)12-22-19(25)23-13-18(24)21-10-9-15-3-2-4-17(20)11-15/h2-8,11H,9-10,12-13H2,1H3,(H,21,24)(H2,22,23,25). The van der Waals surface area contributed by atoms with Gasteiger partial charge in [-0.05, 0) is 36.6 Å². The lowest BCUT2D eigenvalue weighted by Crippen LogP contribution is -2.42. The number of nitrogens with one attached hydrogen (secondary N) is 3. The van der Waals surface area contributed by atoms with E-state index in [9.17, 15) is 9.59 Å². The van der Waals surface area contributed by atoms with Crippen LogP contribution in [0.3, 0.4) is 0 Å². The van der Waals surface area contributed by atoms with Crippen LogP contribution in [0, 0.1) is 6.92 Å². The summed E-state index contributed by atoms with van der Waals surface area (Å²) >= 11 is 5.91. The Labute approximate surface area is 152 Å². The third kappa shape index (κ3) is 7.27. The van der Waals surface area contributed by atoms with Crippen LogP contribution in [-0.4, -0.2) is 25.0 Å². The first-order valence-corrected chi connectivity index (χ1v) is 8.49. The molecule has 2 rings (SSSR count). The van der Waals surface area contributed by atoms with E-state index < -0.39 is 0 Å². The van der Waals surface area contributed by atoms with Crippen LogP contribution < -0.4 is 16.0 Å². The Morgan fingerprint density at radius 1 is 0.960 bits per heavy atom. The zero-order valence-electron chi connectivity index (χ0n) is 14.1. The normalized spacial score (nSPS) is 10.2. The molecule has 0 aliphatic heterocycles. The average molecular weight is 360 g/mol. The second-order valence-corrected chi connectivity index (χ2v) is 6.19. The predicted molar refractivity (Wildman–Crippen MR) is 99.6 cm³/mol. The summed E-state index contributed by atoms with van der Waals surface area (Å²) in [5.41, 5.74) is 3.23.